The minimum absolute atomic E-state index is 0.224. The van der Waals surface area contributed by atoms with Crippen molar-refractivity contribution in [3.05, 3.63) is 0 Å². The Hall–Kier alpha value is -0.705. The van der Waals surface area contributed by atoms with Gasteiger partial charge in [-0.2, -0.15) is 0 Å². The summed E-state index contributed by atoms with van der Waals surface area (Å²) in [6, 6.07) is 0. The number of piperidine rings is 1. The lowest BCUT2D eigenvalue weighted by atomic mass is 9.74. The minimum atomic E-state index is -0.426. The first-order chi connectivity index (χ1) is 6.92. The Labute approximate surface area is 91.9 Å². The third-order valence-electron chi connectivity index (χ3n) is 2.52. The predicted octanol–water partition coefficient (Wildman–Crippen LogP) is 1.15. The largest absolute Gasteiger partial charge is 0.454 e. The molecule has 1 N–H and O–H groups in total. The maximum atomic E-state index is 11.6. The van der Waals surface area contributed by atoms with Gasteiger partial charge in [-0.3, -0.25) is 0 Å². The van der Waals surface area contributed by atoms with Crippen LogP contribution in [0.3, 0.4) is 0 Å². The van der Waals surface area contributed by atoms with Gasteiger partial charge >= 0.3 is 6.09 Å². The Morgan fingerprint density at radius 2 is 1.93 bits per heavy atom. The van der Waals surface area contributed by atoms with Crippen molar-refractivity contribution in [1.82, 2.24) is 4.90 Å². The van der Waals surface area contributed by atoms with Crippen LogP contribution in [-0.4, -0.2) is 42.2 Å². The number of ether oxygens (including phenoxy) is 1. The van der Waals surface area contributed by atoms with E-state index in [0.717, 1.165) is 12.8 Å². The number of amides is 1. The molecule has 4 nitrogen and oxygen atoms in total. The van der Waals surface area contributed by atoms with E-state index in [2.05, 4.69) is 0 Å². The third kappa shape index (κ3) is 4.12. The van der Waals surface area contributed by atoms with Gasteiger partial charge < -0.3 is 14.7 Å². The van der Waals surface area contributed by atoms with Gasteiger partial charge in [-0.25, -0.2) is 4.79 Å². The fourth-order valence-corrected chi connectivity index (χ4v) is 1.62. The quantitative estimate of drug-likeness (QED) is 0.664. The first-order valence-corrected chi connectivity index (χ1v) is 5.51. The van der Waals surface area contributed by atoms with E-state index in [4.69, 9.17) is 9.76 Å². The van der Waals surface area contributed by atoms with Crippen LogP contribution in [0.25, 0.3) is 0 Å². The van der Waals surface area contributed by atoms with Gasteiger partial charge in [-0.15, -0.1) is 0 Å². The minimum Gasteiger partial charge on any atom is -0.454 e. The summed E-state index contributed by atoms with van der Waals surface area (Å²) >= 11 is 0. The molecule has 1 saturated heterocycles. The van der Waals surface area contributed by atoms with Crippen molar-refractivity contribution in [3.8, 4) is 0 Å². The fraction of sp³-hybridized carbons (Fsp3) is 0.900. The van der Waals surface area contributed by atoms with Crippen LogP contribution in [0.1, 0.15) is 33.6 Å². The number of nitrogens with zero attached hydrogens (tertiary/aromatic N) is 1. The number of likely N-dealkylation sites (tertiary alicyclic amines) is 1. The van der Waals surface area contributed by atoms with Gasteiger partial charge in [0, 0.05) is 13.1 Å². The van der Waals surface area contributed by atoms with Crippen molar-refractivity contribution in [3.63, 3.8) is 0 Å². The van der Waals surface area contributed by atoms with Crippen molar-refractivity contribution in [2.45, 2.75) is 45.0 Å². The van der Waals surface area contributed by atoms with E-state index in [1.165, 1.54) is 0 Å². The maximum absolute atomic E-state index is 11.6. The molecular formula is C10H20BNO3. The second-order valence-corrected chi connectivity index (χ2v) is 5.09. The number of carbonyl (C=O) groups excluding carboxylic acids is 1. The molecule has 1 rings (SSSR count). The average Bonchev–Trinajstić information content (AvgIpc) is 2.15. The molecule has 5 heteroatoms. The van der Waals surface area contributed by atoms with Crippen molar-refractivity contribution >= 4 is 13.6 Å². The molecule has 1 fully saturated rings. The Kier molecular flexibility index (Phi) is 4.02. The molecule has 0 bridgehead atoms. The van der Waals surface area contributed by atoms with Gasteiger partial charge in [-0.1, -0.05) is 0 Å². The summed E-state index contributed by atoms with van der Waals surface area (Å²) in [4.78, 5) is 13.4. The molecule has 0 aliphatic carbocycles. The Morgan fingerprint density at radius 1 is 1.40 bits per heavy atom. The molecule has 0 atom stereocenters. The molecule has 15 heavy (non-hydrogen) atoms. The number of carbonyl (C=O) groups is 1. The molecular weight excluding hydrogens is 193 g/mol. The molecule has 1 aliphatic heterocycles. The van der Waals surface area contributed by atoms with E-state index in [-0.39, 0.29) is 13.6 Å². The van der Waals surface area contributed by atoms with Gasteiger partial charge in [0.05, 0.1) is 0 Å². The molecule has 86 valence electrons. The van der Waals surface area contributed by atoms with Gasteiger partial charge in [0.25, 0.3) is 7.48 Å². The van der Waals surface area contributed by atoms with E-state index in [0.29, 0.717) is 18.9 Å². The SMILES string of the molecule is CC(C)(C)OC(=O)N1CCC(BO)CC1. The molecule has 0 aromatic rings. The molecule has 0 aromatic heterocycles. The van der Waals surface area contributed by atoms with Gasteiger partial charge in [0.15, 0.2) is 0 Å². The summed E-state index contributed by atoms with van der Waals surface area (Å²) in [6.45, 7) is 6.99. The van der Waals surface area contributed by atoms with Gasteiger partial charge in [-0.05, 0) is 39.4 Å². The highest BCUT2D eigenvalue weighted by Crippen LogP contribution is 2.22. The molecule has 0 radical (unpaired) electrons. The molecule has 0 unspecified atom stereocenters. The van der Waals surface area contributed by atoms with Gasteiger partial charge in [0.2, 0.25) is 0 Å². The second-order valence-electron chi connectivity index (χ2n) is 5.09. The van der Waals surface area contributed by atoms with Crippen LogP contribution in [0.15, 0.2) is 0 Å². The van der Waals surface area contributed by atoms with Crippen molar-refractivity contribution in [2.24, 2.45) is 0 Å². The summed E-state index contributed by atoms with van der Waals surface area (Å²) in [6.07, 6.45) is 1.50. The van der Waals surface area contributed by atoms with E-state index < -0.39 is 5.60 Å². The molecule has 0 saturated carbocycles. The Balaban J connectivity index is 2.37. The summed E-state index contributed by atoms with van der Waals surface area (Å²) < 4.78 is 5.27. The second kappa shape index (κ2) is 4.88. The average molecular weight is 213 g/mol. The Bertz CT molecular complexity index is 219. The first kappa shape index (κ1) is 12.4. The smallest absolute Gasteiger partial charge is 0.410 e. The lowest BCUT2D eigenvalue weighted by molar-refractivity contribution is 0.0214. The van der Waals surface area contributed by atoms with Crippen molar-refractivity contribution in [1.29, 1.82) is 0 Å². The summed E-state index contributed by atoms with van der Waals surface area (Å²) in [7, 11) is 0.224. The van der Waals surface area contributed by atoms with Gasteiger partial charge in [0.1, 0.15) is 5.60 Å². The van der Waals surface area contributed by atoms with Crippen molar-refractivity contribution < 1.29 is 14.6 Å². The normalized spacial score (nSPS) is 18.8. The highest BCUT2D eigenvalue weighted by atomic mass is 16.6. The molecule has 0 spiro atoms. The molecule has 1 heterocycles. The van der Waals surface area contributed by atoms with E-state index in [1.54, 1.807) is 4.90 Å². The zero-order valence-corrected chi connectivity index (χ0v) is 9.82. The Morgan fingerprint density at radius 3 is 2.33 bits per heavy atom. The topological polar surface area (TPSA) is 49.8 Å². The fourth-order valence-electron chi connectivity index (χ4n) is 1.62. The van der Waals surface area contributed by atoms with Crippen molar-refractivity contribution in [2.75, 3.05) is 13.1 Å². The molecule has 1 amide bonds. The van der Waals surface area contributed by atoms with Crippen LogP contribution in [0, 0.1) is 0 Å². The summed E-state index contributed by atoms with van der Waals surface area (Å²) in [5.74, 6) is 0.351. The number of hydrogen-bond acceptors (Lipinski definition) is 3. The van der Waals surface area contributed by atoms with E-state index in [9.17, 15) is 4.79 Å². The molecule has 0 aromatic carbocycles. The van der Waals surface area contributed by atoms with Crippen LogP contribution < -0.4 is 0 Å². The predicted molar refractivity (Wildman–Crippen MR) is 60.2 cm³/mol. The zero-order valence-electron chi connectivity index (χ0n) is 9.82. The van der Waals surface area contributed by atoms with Crippen LogP contribution in [0.2, 0.25) is 5.82 Å². The van der Waals surface area contributed by atoms with Crippen LogP contribution in [-0.2, 0) is 4.74 Å². The van der Waals surface area contributed by atoms with Crippen LogP contribution >= 0.6 is 0 Å². The molecule has 1 aliphatic rings. The lowest BCUT2D eigenvalue weighted by Crippen LogP contribution is -2.41. The number of hydrogen-bond donors (Lipinski definition) is 1. The summed E-state index contributed by atoms with van der Waals surface area (Å²) in [5.41, 5.74) is -0.426. The van der Waals surface area contributed by atoms with Crippen LogP contribution in [0.5, 0.6) is 0 Å². The maximum Gasteiger partial charge on any atom is 0.410 e. The highest BCUT2D eigenvalue weighted by molar-refractivity contribution is 6.27. The first-order valence-electron chi connectivity index (χ1n) is 5.51. The lowest BCUT2D eigenvalue weighted by Gasteiger charge is -2.32. The highest BCUT2D eigenvalue weighted by Gasteiger charge is 2.26. The zero-order chi connectivity index (χ0) is 11.5. The summed E-state index contributed by atoms with van der Waals surface area (Å²) in [5, 5.41) is 8.97. The van der Waals surface area contributed by atoms with E-state index >= 15 is 0 Å². The standard InChI is InChI=1S/C10H20BNO3/c1-10(2,3)15-9(13)12-6-4-8(11-14)5-7-12/h8,11,14H,4-7H2,1-3H3. The monoisotopic (exact) mass is 213 g/mol. The van der Waals surface area contributed by atoms with Crippen LogP contribution in [0.4, 0.5) is 4.79 Å². The third-order valence-corrected chi connectivity index (χ3v) is 2.52. The number of rotatable bonds is 1. The van der Waals surface area contributed by atoms with E-state index in [1.807, 2.05) is 20.8 Å².